The van der Waals surface area contributed by atoms with Crippen molar-refractivity contribution in [3.63, 3.8) is 0 Å². The Labute approximate surface area is 172 Å². The van der Waals surface area contributed by atoms with Gasteiger partial charge < -0.3 is 9.47 Å². The number of hydrogen-bond acceptors (Lipinski definition) is 3. The van der Waals surface area contributed by atoms with Crippen LogP contribution in [0.1, 0.15) is 27.3 Å². The smallest absolute Gasteiger partial charge is 0.269 e. The van der Waals surface area contributed by atoms with Gasteiger partial charge in [-0.3, -0.25) is 14.9 Å². The molecule has 0 aliphatic rings. The maximum atomic E-state index is 13.2. The predicted molar refractivity (Wildman–Crippen MR) is 109 cm³/mol. The zero-order chi connectivity index (χ0) is 21.3. The summed E-state index contributed by atoms with van der Waals surface area (Å²) in [5.41, 5.74) is 3.21. The topological polar surface area (TPSA) is 68.4 Å². The van der Waals surface area contributed by atoms with Crippen LogP contribution in [0.2, 0.25) is 5.02 Å². The first kappa shape index (κ1) is 20.5. The molecule has 1 heterocycles. The SMILES string of the molecule is Cc1cc(C(=O)N(C)Cc2cc([N+](=O)[O-])ccc2Cl)c(C)n1-c1ccc(F)cc1. The molecule has 150 valence electrons. The minimum atomic E-state index is -0.502. The van der Waals surface area contributed by atoms with E-state index in [4.69, 9.17) is 11.6 Å². The van der Waals surface area contributed by atoms with Crippen LogP contribution in [0.5, 0.6) is 0 Å². The molecule has 0 radical (unpaired) electrons. The van der Waals surface area contributed by atoms with Crippen LogP contribution in [0.15, 0.2) is 48.5 Å². The first-order valence-electron chi connectivity index (χ1n) is 8.82. The van der Waals surface area contributed by atoms with Gasteiger partial charge in [-0.1, -0.05) is 11.6 Å². The van der Waals surface area contributed by atoms with Gasteiger partial charge in [-0.2, -0.15) is 0 Å². The Hall–Kier alpha value is -3.19. The summed E-state index contributed by atoms with van der Waals surface area (Å²) < 4.78 is 15.1. The Balaban J connectivity index is 1.89. The summed E-state index contributed by atoms with van der Waals surface area (Å²) in [5.74, 6) is -0.574. The van der Waals surface area contributed by atoms with Gasteiger partial charge in [0, 0.05) is 47.8 Å². The molecule has 0 saturated heterocycles. The molecule has 0 bridgehead atoms. The largest absolute Gasteiger partial charge is 0.337 e. The van der Waals surface area contributed by atoms with Gasteiger partial charge in [-0.25, -0.2) is 4.39 Å². The fraction of sp³-hybridized carbons (Fsp3) is 0.190. The number of amides is 1. The maximum absolute atomic E-state index is 13.2. The van der Waals surface area contributed by atoms with E-state index >= 15 is 0 Å². The molecule has 0 spiro atoms. The highest BCUT2D eigenvalue weighted by atomic mass is 35.5. The Bertz CT molecular complexity index is 1090. The van der Waals surface area contributed by atoms with Crippen molar-refractivity contribution in [3.05, 3.63) is 92.0 Å². The van der Waals surface area contributed by atoms with E-state index in [9.17, 15) is 19.3 Å². The monoisotopic (exact) mass is 415 g/mol. The number of halogens is 2. The number of carbonyl (C=O) groups excluding carboxylic acids is 1. The second kappa shape index (κ2) is 8.05. The van der Waals surface area contributed by atoms with E-state index in [2.05, 4.69) is 0 Å². The molecule has 0 atom stereocenters. The molecule has 1 aromatic heterocycles. The normalized spacial score (nSPS) is 10.8. The first-order valence-corrected chi connectivity index (χ1v) is 9.20. The molecule has 0 aliphatic carbocycles. The van der Waals surface area contributed by atoms with Gasteiger partial charge in [0.2, 0.25) is 0 Å². The first-order chi connectivity index (χ1) is 13.7. The average Bonchev–Trinajstić information content (AvgIpc) is 2.97. The standard InChI is InChI=1S/C21H19ClFN3O3/c1-13-10-19(14(2)25(13)17-6-4-16(23)5-7-17)21(27)24(3)12-15-11-18(26(28)29)8-9-20(15)22/h4-11H,12H2,1-3H3. The fourth-order valence-corrected chi connectivity index (χ4v) is 3.47. The van der Waals surface area contributed by atoms with E-state index in [0.29, 0.717) is 16.1 Å². The summed E-state index contributed by atoms with van der Waals surface area (Å²) in [6, 6.07) is 11.9. The average molecular weight is 416 g/mol. The van der Waals surface area contributed by atoms with E-state index in [1.54, 1.807) is 25.2 Å². The Morgan fingerprint density at radius 3 is 2.45 bits per heavy atom. The van der Waals surface area contributed by atoms with Gasteiger partial charge in [0.1, 0.15) is 5.82 Å². The molecule has 0 unspecified atom stereocenters. The minimum absolute atomic E-state index is 0.0836. The molecule has 2 aromatic carbocycles. The van der Waals surface area contributed by atoms with Crippen molar-refractivity contribution in [1.82, 2.24) is 9.47 Å². The van der Waals surface area contributed by atoms with Gasteiger partial charge >= 0.3 is 0 Å². The number of nitrogens with zero attached hydrogens (tertiary/aromatic N) is 3. The number of nitro benzene ring substituents is 1. The molecule has 6 nitrogen and oxygen atoms in total. The van der Waals surface area contributed by atoms with Gasteiger partial charge in [-0.15, -0.1) is 0 Å². The number of benzene rings is 2. The van der Waals surface area contributed by atoms with Gasteiger partial charge in [0.05, 0.1) is 10.5 Å². The number of non-ortho nitro benzene ring substituents is 1. The molecule has 3 aromatic rings. The molecule has 0 aliphatic heterocycles. The third-order valence-electron chi connectivity index (χ3n) is 4.74. The van der Waals surface area contributed by atoms with Crippen molar-refractivity contribution in [2.24, 2.45) is 0 Å². The number of nitro groups is 1. The van der Waals surface area contributed by atoms with Crippen molar-refractivity contribution in [1.29, 1.82) is 0 Å². The molecule has 0 fully saturated rings. The van der Waals surface area contributed by atoms with Crippen molar-refractivity contribution in [2.45, 2.75) is 20.4 Å². The molecule has 8 heteroatoms. The lowest BCUT2D eigenvalue weighted by atomic mass is 10.1. The van der Waals surface area contributed by atoms with E-state index in [1.165, 1.54) is 35.2 Å². The Kier molecular flexibility index (Phi) is 5.70. The highest BCUT2D eigenvalue weighted by Gasteiger charge is 2.21. The lowest BCUT2D eigenvalue weighted by molar-refractivity contribution is -0.384. The number of aromatic nitrogens is 1. The molecular formula is C21H19ClFN3O3. The fourth-order valence-electron chi connectivity index (χ4n) is 3.30. The molecular weight excluding hydrogens is 397 g/mol. The van der Waals surface area contributed by atoms with Crippen molar-refractivity contribution in [3.8, 4) is 5.69 Å². The van der Waals surface area contributed by atoms with Gasteiger partial charge in [0.15, 0.2) is 0 Å². The summed E-state index contributed by atoms with van der Waals surface area (Å²) in [6.45, 7) is 3.81. The van der Waals surface area contributed by atoms with Crippen LogP contribution in [-0.4, -0.2) is 27.3 Å². The summed E-state index contributed by atoms with van der Waals surface area (Å²) >= 11 is 6.15. The van der Waals surface area contributed by atoms with Crippen molar-refractivity contribution >= 4 is 23.2 Å². The predicted octanol–water partition coefficient (Wildman–Crippen LogP) is 5.07. The quantitative estimate of drug-likeness (QED) is 0.431. The molecule has 0 saturated carbocycles. The summed E-state index contributed by atoms with van der Waals surface area (Å²) in [7, 11) is 1.61. The third kappa shape index (κ3) is 4.14. The zero-order valence-electron chi connectivity index (χ0n) is 16.1. The van der Waals surface area contributed by atoms with Crippen molar-refractivity contribution < 1.29 is 14.1 Å². The Morgan fingerprint density at radius 1 is 1.17 bits per heavy atom. The maximum Gasteiger partial charge on any atom is 0.269 e. The van der Waals surface area contributed by atoms with E-state index in [1.807, 2.05) is 18.4 Å². The van der Waals surface area contributed by atoms with Crippen LogP contribution in [0.3, 0.4) is 0 Å². The van der Waals surface area contributed by atoms with E-state index in [-0.39, 0.29) is 24.0 Å². The number of hydrogen-bond donors (Lipinski definition) is 0. The van der Waals surface area contributed by atoms with Crippen LogP contribution in [-0.2, 0) is 6.54 Å². The van der Waals surface area contributed by atoms with Crippen LogP contribution in [0, 0.1) is 29.8 Å². The summed E-state index contributed by atoms with van der Waals surface area (Å²) in [4.78, 5) is 25.0. The molecule has 0 N–H and O–H groups in total. The third-order valence-corrected chi connectivity index (χ3v) is 5.11. The lowest BCUT2D eigenvalue weighted by Crippen LogP contribution is -2.26. The highest BCUT2D eigenvalue weighted by molar-refractivity contribution is 6.31. The van der Waals surface area contributed by atoms with Gasteiger partial charge in [0.25, 0.3) is 11.6 Å². The van der Waals surface area contributed by atoms with Crippen LogP contribution in [0.4, 0.5) is 10.1 Å². The van der Waals surface area contributed by atoms with Crippen LogP contribution >= 0.6 is 11.6 Å². The molecule has 3 rings (SSSR count). The summed E-state index contributed by atoms with van der Waals surface area (Å²) in [6.07, 6.45) is 0. The van der Waals surface area contributed by atoms with E-state index < -0.39 is 4.92 Å². The second-order valence-electron chi connectivity index (χ2n) is 6.79. The Morgan fingerprint density at radius 2 is 1.83 bits per heavy atom. The highest BCUT2D eigenvalue weighted by Crippen LogP contribution is 2.25. The van der Waals surface area contributed by atoms with Crippen LogP contribution in [0.25, 0.3) is 5.69 Å². The molecule has 1 amide bonds. The number of aryl methyl sites for hydroxylation is 1. The lowest BCUT2D eigenvalue weighted by Gasteiger charge is -2.18. The number of carbonyl (C=O) groups is 1. The zero-order valence-corrected chi connectivity index (χ0v) is 16.9. The number of rotatable bonds is 5. The second-order valence-corrected chi connectivity index (χ2v) is 7.20. The molecule has 29 heavy (non-hydrogen) atoms. The minimum Gasteiger partial charge on any atom is -0.337 e. The van der Waals surface area contributed by atoms with Crippen LogP contribution < -0.4 is 0 Å². The van der Waals surface area contributed by atoms with Crippen molar-refractivity contribution in [2.75, 3.05) is 7.05 Å². The van der Waals surface area contributed by atoms with E-state index in [0.717, 1.165) is 17.1 Å². The summed E-state index contributed by atoms with van der Waals surface area (Å²) in [5, 5.41) is 11.4. The van der Waals surface area contributed by atoms with Gasteiger partial charge in [-0.05, 0) is 55.8 Å².